The Labute approximate surface area is 201 Å². The van der Waals surface area contributed by atoms with Crippen LogP contribution in [0.5, 0.6) is 0 Å². The molecule has 2 heterocycles. The zero-order valence-electron chi connectivity index (χ0n) is 16.2. The van der Waals surface area contributed by atoms with E-state index < -0.39 is 35.7 Å². The molecule has 2 aliphatic rings. The number of nitrogens with zero attached hydrogens (tertiary/aromatic N) is 2. The predicted molar refractivity (Wildman–Crippen MR) is 123 cm³/mol. The Kier molecular flexibility index (Phi) is 5.45. The van der Waals surface area contributed by atoms with Gasteiger partial charge in [-0.3, -0.25) is 14.4 Å². The smallest absolute Gasteiger partial charge is 0.266 e. The molecule has 0 N–H and O–H groups in total. The van der Waals surface area contributed by atoms with E-state index in [0.29, 0.717) is 21.3 Å². The Hall–Kier alpha value is -2.45. The van der Waals surface area contributed by atoms with Gasteiger partial charge in [-0.2, -0.15) is 0 Å². The maximum atomic E-state index is 13.9. The van der Waals surface area contributed by atoms with Gasteiger partial charge in [-0.15, -0.1) is 0 Å². The Morgan fingerprint density at radius 2 is 1.56 bits per heavy atom. The zero-order chi connectivity index (χ0) is 22.6. The third-order valence-corrected chi connectivity index (χ3v) is 6.56. The summed E-state index contributed by atoms with van der Waals surface area (Å²) in [5, 5.41) is 2.15. The highest BCUT2D eigenvalue weighted by Crippen LogP contribution is 2.48. The first-order chi connectivity index (χ1) is 15.3. The average Bonchev–Trinajstić information content (AvgIpc) is 3.26. The molecule has 162 valence electrons. The van der Waals surface area contributed by atoms with Crippen LogP contribution in [-0.2, 0) is 14.4 Å². The van der Waals surface area contributed by atoms with E-state index in [0.717, 1.165) is 4.90 Å². The van der Waals surface area contributed by atoms with Gasteiger partial charge in [-0.05, 0) is 64.0 Å². The van der Waals surface area contributed by atoms with Crippen molar-refractivity contribution in [3.8, 4) is 0 Å². The number of carbonyl (C=O) groups excluding carboxylic acids is 2. The number of fused-ring (bicyclic) bond motifs is 1. The van der Waals surface area contributed by atoms with Crippen LogP contribution in [0.4, 0.5) is 15.8 Å². The van der Waals surface area contributed by atoms with Gasteiger partial charge < -0.3 is 0 Å². The van der Waals surface area contributed by atoms with Gasteiger partial charge in [0.25, 0.3) is 5.91 Å². The minimum absolute atomic E-state index is 0.252. The Bertz CT molecular complexity index is 1220. The van der Waals surface area contributed by atoms with Crippen LogP contribution in [0.3, 0.4) is 0 Å². The lowest BCUT2D eigenvalue weighted by molar-refractivity contribution is -0.126. The second kappa shape index (κ2) is 8.15. The molecule has 9 heteroatoms. The number of para-hydroxylation sites is 1. The first-order valence-corrected chi connectivity index (χ1v) is 11.2. The Morgan fingerprint density at radius 1 is 0.875 bits per heavy atom. The van der Waals surface area contributed by atoms with Gasteiger partial charge in [0.05, 0.1) is 21.9 Å². The lowest BCUT2D eigenvalue weighted by Gasteiger charge is -2.29. The first-order valence-electron chi connectivity index (χ1n) is 9.65. The average molecular weight is 536 g/mol. The molecule has 3 aromatic rings. The van der Waals surface area contributed by atoms with Crippen molar-refractivity contribution in [1.82, 2.24) is 0 Å². The largest absolute Gasteiger partial charge is 0.273 e. The minimum Gasteiger partial charge on any atom is -0.273 e. The van der Waals surface area contributed by atoms with Gasteiger partial charge in [0.2, 0.25) is 5.91 Å². The van der Waals surface area contributed by atoms with Gasteiger partial charge in [0.15, 0.2) is 6.10 Å². The minimum atomic E-state index is -1.05. The summed E-state index contributed by atoms with van der Waals surface area (Å²) in [5.74, 6) is -2.23. The summed E-state index contributed by atoms with van der Waals surface area (Å²) in [7, 11) is 0. The van der Waals surface area contributed by atoms with Crippen molar-refractivity contribution in [2.45, 2.75) is 12.1 Å². The number of halogens is 4. The standard InChI is InChI=1S/C23H14BrCl2FN2O3/c24-17-8-12(6-7-18(17)27)20-19-21(32-29(20)15-4-2-1-3-5-15)23(31)28(22(19)30)16-10-13(25)9-14(26)11-16/h1-11,19-21H/t19-,20+,21-/m1/s1. The fraction of sp³-hybridized carbons (Fsp3) is 0.130. The van der Waals surface area contributed by atoms with E-state index in [1.807, 2.05) is 30.3 Å². The van der Waals surface area contributed by atoms with E-state index in [1.165, 1.54) is 24.3 Å². The molecule has 5 nitrogen and oxygen atoms in total. The molecule has 0 unspecified atom stereocenters. The van der Waals surface area contributed by atoms with Crippen LogP contribution < -0.4 is 9.96 Å². The summed E-state index contributed by atoms with van der Waals surface area (Å²) in [6.07, 6.45) is -1.05. The molecule has 2 amide bonds. The number of amides is 2. The van der Waals surface area contributed by atoms with Crippen molar-refractivity contribution in [1.29, 1.82) is 0 Å². The predicted octanol–water partition coefficient (Wildman–Crippen LogP) is 5.95. The van der Waals surface area contributed by atoms with E-state index in [-0.39, 0.29) is 10.2 Å². The number of imide groups is 1. The van der Waals surface area contributed by atoms with E-state index in [1.54, 1.807) is 17.2 Å². The normalized spacial score (nSPS) is 22.6. The molecule has 2 aliphatic heterocycles. The molecule has 2 fully saturated rings. The topological polar surface area (TPSA) is 49.9 Å². The number of carbonyl (C=O) groups is 2. The van der Waals surface area contributed by atoms with Gasteiger partial charge in [0.1, 0.15) is 11.7 Å². The molecule has 5 rings (SSSR count). The van der Waals surface area contributed by atoms with Crippen molar-refractivity contribution in [3.05, 3.63) is 92.6 Å². The lowest BCUT2D eigenvalue weighted by atomic mass is 9.90. The van der Waals surface area contributed by atoms with Crippen molar-refractivity contribution in [2.24, 2.45) is 5.92 Å². The molecule has 32 heavy (non-hydrogen) atoms. The lowest BCUT2D eigenvalue weighted by Crippen LogP contribution is -2.37. The fourth-order valence-electron chi connectivity index (χ4n) is 4.17. The number of hydrogen-bond acceptors (Lipinski definition) is 4. The van der Waals surface area contributed by atoms with Crippen LogP contribution in [0, 0.1) is 11.7 Å². The molecule has 0 aliphatic carbocycles. The first kappa shape index (κ1) is 21.4. The molecule has 3 atom stereocenters. The molecular formula is C23H14BrCl2FN2O3. The quantitative estimate of drug-likeness (QED) is 0.389. The fourth-order valence-corrected chi connectivity index (χ4v) is 5.08. The Balaban J connectivity index is 1.61. The van der Waals surface area contributed by atoms with Crippen LogP contribution in [0.2, 0.25) is 10.0 Å². The van der Waals surface area contributed by atoms with Crippen molar-refractivity contribution >= 4 is 62.3 Å². The third-order valence-electron chi connectivity index (χ3n) is 5.52. The molecular weight excluding hydrogens is 522 g/mol. The molecule has 0 spiro atoms. The molecule has 0 aromatic heterocycles. The van der Waals surface area contributed by atoms with Gasteiger partial charge in [-0.1, -0.05) is 47.5 Å². The summed E-state index contributed by atoms with van der Waals surface area (Å²) in [5.41, 5.74) is 1.58. The summed E-state index contributed by atoms with van der Waals surface area (Å²) in [6.45, 7) is 0. The third kappa shape index (κ3) is 3.49. The Morgan fingerprint density at radius 3 is 2.22 bits per heavy atom. The van der Waals surface area contributed by atoms with Gasteiger partial charge in [-0.25, -0.2) is 14.4 Å². The SMILES string of the molecule is O=C1[C@H]2[C@@H](ON(c3ccccc3)[C@H]2c2ccc(F)c(Br)c2)C(=O)N1c1cc(Cl)cc(Cl)c1. The monoisotopic (exact) mass is 534 g/mol. The highest BCUT2D eigenvalue weighted by Gasteiger charge is 2.60. The number of anilines is 2. The summed E-state index contributed by atoms with van der Waals surface area (Å²) in [4.78, 5) is 34.0. The number of hydroxylamine groups is 1. The van der Waals surface area contributed by atoms with E-state index in [2.05, 4.69) is 15.9 Å². The summed E-state index contributed by atoms with van der Waals surface area (Å²) in [6, 6.07) is 17.5. The second-order valence-corrected chi connectivity index (χ2v) is 9.20. The highest BCUT2D eigenvalue weighted by atomic mass is 79.9. The van der Waals surface area contributed by atoms with Crippen LogP contribution in [0.15, 0.2) is 71.2 Å². The van der Waals surface area contributed by atoms with Crippen LogP contribution in [0.1, 0.15) is 11.6 Å². The van der Waals surface area contributed by atoms with E-state index in [4.69, 9.17) is 28.0 Å². The number of hydrogen-bond donors (Lipinski definition) is 0. The number of rotatable bonds is 3. The van der Waals surface area contributed by atoms with Crippen LogP contribution in [0.25, 0.3) is 0 Å². The van der Waals surface area contributed by atoms with Crippen molar-refractivity contribution in [3.63, 3.8) is 0 Å². The maximum Gasteiger partial charge on any atom is 0.266 e. The summed E-state index contributed by atoms with van der Waals surface area (Å²) < 4.78 is 14.2. The number of benzene rings is 3. The molecule has 2 saturated heterocycles. The van der Waals surface area contributed by atoms with Crippen LogP contribution >= 0.6 is 39.1 Å². The zero-order valence-corrected chi connectivity index (χ0v) is 19.3. The highest BCUT2D eigenvalue weighted by molar-refractivity contribution is 9.10. The maximum absolute atomic E-state index is 13.9. The van der Waals surface area contributed by atoms with Crippen molar-refractivity contribution in [2.75, 3.05) is 9.96 Å². The van der Waals surface area contributed by atoms with Gasteiger partial charge in [0, 0.05) is 10.0 Å². The molecule has 0 radical (unpaired) electrons. The van der Waals surface area contributed by atoms with Crippen LogP contribution in [-0.4, -0.2) is 17.9 Å². The second-order valence-electron chi connectivity index (χ2n) is 7.47. The molecule has 0 saturated carbocycles. The van der Waals surface area contributed by atoms with E-state index in [9.17, 15) is 14.0 Å². The van der Waals surface area contributed by atoms with E-state index >= 15 is 0 Å². The summed E-state index contributed by atoms with van der Waals surface area (Å²) >= 11 is 15.4. The molecule has 0 bridgehead atoms. The molecule has 3 aromatic carbocycles. The van der Waals surface area contributed by atoms with Crippen molar-refractivity contribution < 1.29 is 18.8 Å². The van der Waals surface area contributed by atoms with Gasteiger partial charge >= 0.3 is 0 Å².